The van der Waals surface area contributed by atoms with Gasteiger partial charge in [0, 0.05) is 49.4 Å². The SMILES string of the molecule is Cc1ccc(C)c(S(=O)(=O)N2CCc3c(c(C(=O)NCc4ccc(Cl)cc4)nn3C)C2)c1. The van der Waals surface area contributed by atoms with Crippen molar-refractivity contribution in [3.63, 3.8) is 0 Å². The topological polar surface area (TPSA) is 84.3 Å². The molecule has 0 fully saturated rings. The average molecular weight is 473 g/mol. The lowest BCUT2D eigenvalue weighted by Crippen LogP contribution is -2.37. The van der Waals surface area contributed by atoms with E-state index >= 15 is 0 Å². The lowest BCUT2D eigenvalue weighted by Gasteiger charge is -2.27. The molecule has 0 bridgehead atoms. The van der Waals surface area contributed by atoms with Crippen molar-refractivity contribution in [1.29, 1.82) is 0 Å². The molecule has 3 aromatic rings. The third kappa shape index (κ3) is 4.30. The summed E-state index contributed by atoms with van der Waals surface area (Å²) in [5, 5.41) is 7.90. The Morgan fingerprint density at radius 1 is 1.16 bits per heavy atom. The molecule has 0 radical (unpaired) electrons. The molecule has 1 N–H and O–H groups in total. The van der Waals surface area contributed by atoms with Crippen LogP contribution in [0.25, 0.3) is 0 Å². The van der Waals surface area contributed by atoms with Gasteiger partial charge in [0.05, 0.1) is 4.90 Å². The second kappa shape index (κ2) is 8.69. The van der Waals surface area contributed by atoms with Crippen molar-refractivity contribution in [3.05, 3.63) is 81.1 Å². The van der Waals surface area contributed by atoms with Gasteiger partial charge in [0.25, 0.3) is 5.91 Å². The number of carbonyl (C=O) groups is 1. The second-order valence-corrected chi connectivity index (χ2v) is 10.4. The monoisotopic (exact) mass is 472 g/mol. The van der Waals surface area contributed by atoms with E-state index in [2.05, 4.69) is 10.4 Å². The zero-order valence-electron chi connectivity index (χ0n) is 18.2. The number of hydrogen-bond acceptors (Lipinski definition) is 4. The lowest BCUT2D eigenvalue weighted by atomic mass is 10.1. The molecule has 4 rings (SSSR count). The first kappa shape index (κ1) is 22.5. The Hall–Kier alpha value is -2.68. The number of aryl methyl sites for hydroxylation is 3. The quantitative estimate of drug-likeness (QED) is 0.617. The number of carbonyl (C=O) groups excluding carboxylic acids is 1. The van der Waals surface area contributed by atoms with E-state index in [-0.39, 0.29) is 18.1 Å². The highest BCUT2D eigenvalue weighted by atomic mass is 35.5. The van der Waals surface area contributed by atoms with Crippen LogP contribution >= 0.6 is 11.6 Å². The highest BCUT2D eigenvalue weighted by Crippen LogP contribution is 2.29. The second-order valence-electron chi connectivity index (χ2n) is 8.06. The van der Waals surface area contributed by atoms with E-state index in [1.165, 1.54) is 4.31 Å². The lowest BCUT2D eigenvalue weighted by molar-refractivity contribution is 0.0943. The van der Waals surface area contributed by atoms with E-state index < -0.39 is 10.0 Å². The first-order chi connectivity index (χ1) is 15.2. The van der Waals surface area contributed by atoms with Crippen LogP contribution in [0.3, 0.4) is 0 Å². The van der Waals surface area contributed by atoms with Crippen LogP contribution in [0.15, 0.2) is 47.4 Å². The molecule has 2 heterocycles. The highest BCUT2D eigenvalue weighted by molar-refractivity contribution is 7.89. The number of halogens is 1. The Morgan fingerprint density at radius 2 is 1.88 bits per heavy atom. The average Bonchev–Trinajstić information content (AvgIpc) is 3.11. The van der Waals surface area contributed by atoms with Crippen LogP contribution in [0.1, 0.15) is 38.4 Å². The fraction of sp³-hybridized carbons (Fsp3) is 0.304. The van der Waals surface area contributed by atoms with Crippen molar-refractivity contribution in [2.75, 3.05) is 6.54 Å². The molecule has 1 aromatic heterocycles. The maximum atomic E-state index is 13.4. The molecule has 1 aliphatic rings. The normalized spacial score (nSPS) is 14.2. The van der Waals surface area contributed by atoms with Gasteiger partial charge in [-0.05, 0) is 48.7 Å². The van der Waals surface area contributed by atoms with Gasteiger partial charge < -0.3 is 5.32 Å². The van der Waals surface area contributed by atoms with E-state index in [9.17, 15) is 13.2 Å². The Bertz CT molecular complexity index is 1280. The zero-order valence-corrected chi connectivity index (χ0v) is 19.8. The fourth-order valence-electron chi connectivity index (χ4n) is 3.95. The summed E-state index contributed by atoms with van der Waals surface area (Å²) in [6.07, 6.45) is 0.493. The summed E-state index contributed by atoms with van der Waals surface area (Å²) < 4.78 is 29.9. The Labute approximate surface area is 193 Å². The summed E-state index contributed by atoms with van der Waals surface area (Å²) in [7, 11) is -1.92. The minimum Gasteiger partial charge on any atom is -0.347 e. The zero-order chi connectivity index (χ0) is 23.0. The standard InChI is InChI=1S/C23H25ClN4O3S/c1-15-4-5-16(2)21(12-15)32(30,31)28-11-10-20-19(14-28)22(26-27(20)3)23(29)25-13-17-6-8-18(24)9-7-17/h4-9,12H,10-11,13-14H2,1-3H3,(H,25,29). The van der Waals surface area contributed by atoms with Gasteiger partial charge in [0.15, 0.2) is 5.69 Å². The molecule has 7 nitrogen and oxygen atoms in total. The first-order valence-electron chi connectivity index (χ1n) is 10.3. The third-order valence-electron chi connectivity index (χ3n) is 5.75. The molecule has 0 saturated heterocycles. The Balaban J connectivity index is 1.58. The number of amides is 1. The molecule has 0 spiro atoms. The van der Waals surface area contributed by atoms with Crippen LogP contribution in [0, 0.1) is 13.8 Å². The summed E-state index contributed by atoms with van der Waals surface area (Å²) in [6, 6.07) is 12.6. The number of hydrogen-bond donors (Lipinski definition) is 1. The Morgan fingerprint density at radius 3 is 2.59 bits per heavy atom. The van der Waals surface area contributed by atoms with E-state index in [4.69, 9.17) is 11.6 Å². The van der Waals surface area contributed by atoms with Crippen molar-refractivity contribution >= 4 is 27.5 Å². The van der Waals surface area contributed by atoms with Crippen LogP contribution in [0.5, 0.6) is 0 Å². The molecule has 1 aliphatic heterocycles. The summed E-state index contributed by atoms with van der Waals surface area (Å²) in [4.78, 5) is 13.2. The fourth-order valence-corrected chi connectivity index (χ4v) is 5.79. The molecule has 32 heavy (non-hydrogen) atoms. The van der Waals surface area contributed by atoms with Gasteiger partial charge in [-0.2, -0.15) is 9.40 Å². The van der Waals surface area contributed by atoms with Crippen molar-refractivity contribution < 1.29 is 13.2 Å². The summed E-state index contributed by atoms with van der Waals surface area (Å²) >= 11 is 5.91. The minimum absolute atomic E-state index is 0.114. The maximum Gasteiger partial charge on any atom is 0.272 e. The largest absolute Gasteiger partial charge is 0.347 e. The number of nitrogens with one attached hydrogen (secondary N) is 1. The van der Waals surface area contributed by atoms with Gasteiger partial charge in [-0.3, -0.25) is 9.48 Å². The molecule has 0 aliphatic carbocycles. The van der Waals surface area contributed by atoms with Crippen molar-refractivity contribution in [3.8, 4) is 0 Å². The number of benzene rings is 2. The number of rotatable bonds is 5. The summed E-state index contributed by atoms with van der Waals surface area (Å²) in [5.41, 5.74) is 4.29. The molecular weight excluding hydrogens is 448 g/mol. The predicted molar refractivity (Wildman–Crippen MR) is 123 cm³/mol. The molecular formula is C23H25ClN4O3S. The van der Waals surface area contributed by atoms with E-state index in [0.717, 1.165) is 16.8 Å². The molecule has 168 valence electrons. The van der Waals surface area contributed by atoms with Crippen LogP contribution in [-0.4, -0.2) is 35.0 Å². The van der Waals surface area contributed by atoms with Crippen molar-refractivity contribution in [2.45, 2.75) is 38.3 Å². The van der Waals surface area contributed by atoms with Gasteiger partial charge in [0.2, 0.25) is 10.0 Å². The van der Waals surface area contributed by atoms with Crippen LogP contribution < -0.4 is 5.32 Å². The van der Waals surface area contributed by atoms with Gasteiger partial charge in [0.1, 0.15) is 0 Å². The number of fused-ring (bicyclic) bond motifs is 1. The van der Waals surface area contributed by atoms with Crippen LogP contribution in [0.2, 0.25) is 5.02 Å². The molecule has 1 amide bonds. The van der Waals surface area contributed by atoms with E-state index in [1.54, 1.807) is 36.9 Å². The molecule has 9 heteroatoms. The molecule has 0 atom stereocenters. The number of sulfonamides is 1. The maximum absolute atomic E-state index is 13.4. The summed E-state index contributed by atoms with van der Waals surface area (Å²) in [5.74, 6) is -0.331. The smallest absolute Gasteiger partial charge is 0.272 e. The van der Waals surface area contributed by atoms with Gasteiger partial charge in [-0.25, -0.2) is 8.42 Å². The summed E-state index contributed by atoms with van der Waals surface area (Å²) in [6.45, 7) is 4.45. The Kier molecular flexibility index (Phi) is 6.11. The highest BCUT2D eigenvalue weighted by Gasteiger charge is 2.34. The van der Waals surface area contributed by atoms with Gasteiger partial charge in [-0.1, -0.05) is 35.9 Å². The minimum atomic E-state index is -3.70. The first-order valence-corrected chi connectivity index (χ1v) is 12.1. The van der Waals surface area contributed by atoms with Gasteiger partial charge >= 0.3 is 0 Å². The van der Waals surface area contributed by atoms with E-state index in [1.807, 2.05) is 31.2 Å². The van der Waals surface area contributed by atoms with Crippen molar-refractivity contribution in [1.82, 2.24) is 19.4 Å². The van der Waals surface area contributed by atoms with Gasteiger partial charge in [-0.15, -0.1) is 0 Å². The molecule has 2 aromatic carbocycles. The van der Waals surface area contributed by atoms with Crippen LogP contribution in [0.4, 0.5) is 0 Å². The number of nitrogens with zero attached hydrogens (tertiary/aromatic N) is 3. The molecule has 0 unspecified atom stereocenters. The third-order valence-corrected chi connectivity index (χ3v) is 7.99. The van der Waals surface area contributed by atoms with Crippen molar-refractivity contribution in [2.24, 2.45) is 7.05 Å². The molecule has 0 saturated carbocycles. The van der Waals surface area contributed by atoms with Crippen LogP contribution in [-0.2, 0) is 36.6 Å². The van der Waals surface area contributed by atoms with E-state index in [0.29, 0.717) is 40.6 Å². The number of aromatic nitrogens is 2. The predicted octanol–water partition coefficient (Wildman–Crippen LogP) is 3.37.